The molecule has 5 nitrogen and oxygen atoms in total. The average Bonchev–Trinajstić information content (AvgIpc) is 2.52. The number of carbonyl (C=O) groups excluding carboxylic acids is 1. The zero-order valence-corrected chi connectivity index (χ0v) is 13.1. The van der Waals surface area contributed by atoms with Crippen LogP contribution in [-0.2, 0) is 6.54 Å². The molecule has 1 aromatic carbocycles. The van der Waals surface area contributed by atoms with E-state index < -0.39 is 6.36 Å². The lowest BCUT2D eigenvalue weighted by Gasteiger charge is -2.11. The van der Waals surface area contributed by atoms with E-state index in [0.29, 0.717) is 17.9 Å². The normalized spacial score (nSPS) is 11.0. The molecule has 0 aliphatic rings. The SMILES string of the molecule is CN(C)C(=O)c1ccc(CNc2ccc(OC(F)(F)F)cn2)cc1. The number of anilines is 1. The molecule has 1 heterocycles. The van der Waals surface area contributed by atoms with E-state index in [1.165, 1.54) is 17.0 Å². The van der Waals surface area contributed by atoms with Crippen LogP contribution in [-0.4, -0.2) is 36.2 Å². The number of pyridine rings is 1. The zero-order chi connectivity index (χ0) is 17.7. The number of halogens is 3. The number of nitrogens with zero attached hydrogens (tertiary/aromatic N) is 2. The second-order valence-corrected chi connectivity index (χ2v) is 5.18. The Morgan fingerprint density at radius 3 is 2.33 bits per heavy atom. The quantitative estimate of drug-likeness (QED) is 0.908. The molecule has 8 heteroatoms. The number of alkyl halides is 3. The predicted octanol–water partition coefficient (Wildman–Crippen LogP) is 3.29. The van der Waals surface area contributed by atoms with Gasteiger partial charge in [-0.05, 0) is 29.8 Å². The number of nitrogens with one attached hydrogen (secondary N) is 1. The minimum atomic E-state index is -4.73. The van der Waals surface area contributed by atoms with Crippen molar-refractivity contribution in [2.75, 3.05) is 19.4 Å². The topological polar surface area (TPSA) is 54.5 Å². The van der Waals surface area contributed by atoms with Gasteiger partial charge < -0.3 is 15.0 Å². The van der Waals surface area contributed by atoms with Crippen molar-refractivity contribution in [3.8, 4) is 5.75 Å². The number of rotatable bonds is 5. The second-order valence-electron chi connectivity index (χ2n) is 5.18. The van der Waals surface area contributed by atoms with Crippen molar-refractivity contribution < 1.29 is 22.7 Å². The van der Waals surface area contributed by atoms with Gasteiger partial charge >= 0.3 is 6.36 Å². The summed E-state index contributed by atoms with van der Waals surface area (Å²) >= 11 is 0. The van der Waals surface area contributed by atoms with Crippen molar-refractivity contribution >= 4 is 11.7 Å². The summed E-state index contributed by atoms with van der Waals surface area (Å²) < 4.78 is 39.9. The van der Waals surface area contributed by atoms with Gasteiger partial charge in [0.1, 0.15) is 11.6 Å². The predicted molar refractivity (Wildman–Crippen MR) is 82.7 cm³/mol. The Bertz CT molecular complexity index is 683. The van der Waals surface area contributed by atoms with Gasteiger partial charge in [0, 0.05) is 26.2 Å². The third-order valence-corrected chi connectivity index (χ3v) is 3.05. The number of aromatic nitrogens is 1. The van der Waals surface area contributed by atoms with Crippen molar-refractivity contribution in [3.63, 3.8) is 0 Å². The maximum atomic E-state index is 12.1. The molecule has 0 aliphatic carbocycles. The smallest absolute Gasteiger partial charge is 0.404 e. The lowest BCUT2D eigenvalue weighted by atomic mass is 10.1. The van der Waals surface area contributed by atoms with Gasteiger partial charge in [0.25, 0.3) is 5.91 Å². The Morgan fingerprint density at radius 1 is 1.17 bits per heavy atom. The monoisotopic (exact) mass is 339 g/mol. The van der Waals surface area contributed by atoms with Crippen molar-refractivity contribution in [1.82, 2.24) is 9.88 Å². The zero-order valence-electron chi connectivity index (χ0n) is 13.1. The standard InChI is InChI=1S/C16H16F3N3O2/c1-22(2)15(23)12-5-3-11(4-6-12)9-20-14-8-7-13(10-21-14)24-16(17,18)19/h3-8,10H,9H2,1-2H3,(H,20,21). The van der Waals surface area contributed by atoms with Crippen LogP contribution in [0.1, 0.15) is 15.9 Å². The molecule has 24 heavy (non-hydrogen) atoms. The molecular weight excluding hydrogens is 323 g/mol. The average molecular weight is 339 g/mol. The highest BCUT2D eigenvalue weighted by atomic mass is 19.4. The van der Waals surface area contributed by atoms with E-state index in [-0.39, 0.29) is 11.7 Å². The summed E-state index contributed by atoms with van der Waals surface area (Å²) in [4.78, 5) is 17.1. The molecular formula is C16H16F3N3O2. The largest absolute Gasteiger partial charge is 0.573 e. The highest BCUT2D eigenvalue weighted by Crippen LogP contribution is 2.22. The molecule has 0 unspecified atom stereocenters. The molecule has 1 N–H and O–H groups in total. The molecule has 0 saturated carbocycles. The molecule has 1 amide bonds. The number of carbonyl (C=O) groups is 1. The Balaban J connectivity index is 1.92. The van der Waals surface area contributed by atoms with Crippen LogP contribution >= 0.6 is 0 Å². The van der Waals surface area contributed by atoms with Gasteiger partial charge in [-0.1, -0.05) is 12.1 Å². The summed E-state index contributed by atoms with van der Waals surface area (Å²) in [5.74, 6) is -0.0472. The summed E-state index contributed by atoms with van der Waals surface area (Å²) in [5.41, 5.74) is 1.48. The Labute approximate surface area is 137 Å². The van der Waals surface area contributed by atoms with E-state index in [0.717, 1.165) is 11.8 Å². The summed E-state index contributed by atoms with van der Waals surface area (Å²) in [6, 6.07) is 9.60. The lowest BCUT2D eigenvalue weighted by molar-refractivity contribution is -0.274. The lowest BCUT2D eigenvalue weighted by Crippen LogP contribution is -2.21. The Hall–Kier alpha value is -2.77. The van der Waals surface area contributed by atoms with Crippen LogP contribution in [0.3, 0.4) is 0 Å². The van der Waals surface area contributed by atoms with Gasteiger partial charge in [0.2, 0.25) is 0 Å². The fourth-order valence-corrected chi connectivity index (χ4v) is 1.89. The highest BCUT2D eigenvalue weighted by Gasteiger charge is 2.31. The van der Waals surface area contributed by atoms with Crippen molar-refractivity contribution in [3.05, 3.63) is 53.7 Å². The van der Waals surface area contributed by atoms with Gasteiger partial charge in [-0.2, -0.15) is 0 Å². The van der Waals surface area contributed by atoms with Crippen LogP contribution in [0, 0.1) is 0 Å². The minimum absolute atomic E-state index is 0.0866. The van der Waals surface area contributed by atoms with Crippen LogP contribution in [0.5, 0.6) is 5.75 Å². The van der Waals surface area contributed by atoms with Gasteiger partial charge in [-0.15, -0.1) is 13.2 Å². The van der Waals surface area contributed by atoms with Gasteiger partial charge in [0.05, 0.1) is 6.20 Å². The van der Waals surface area contributed by atoms with E-state index in [9.17, 15) is 18.0 Å². The molecule has 1 aromatic heterocycles. The van der Waals surface area contributed by atoms with E-state index in [2.05, 4.69) is 15.0 Å². The van der Waals surface area contributed by atoms with Gasteiger partial charge in [-0.3, -0.25) is 4.79 Å². The molecule has 0 fully saturated rings. The first-order chi connectivity index (χ1) is 11.2. The van der Waals surface area contributed by atoms with Gasteiger partial charge in [0.15, 0.2) is 0 Å². The Kier molecular flexibility index (Phi) is 5.28. The number of hydrogen-bond donors (Lipinski definition) is 1. The first kappa shape index (κ1) is 17.6. The maximum absolute atomic E-state index is 12.1. The summed E-state index contributed by atoms with van der Waals surface area (Å²) in [7, 11) is 3.35. The van der Waals surface area contributed by atoms with Crippen LogP contribution in [0.25, 0.3) is 0 Å². The number of amides is 1. The first-order valence-electron chi connectivity index (χ1n) is 7.01. The van der Waals surface area contributed by atoms with Crippen molar-refractivity contribution in [1.29, 1.82) is 0 Å². The van der Waals surface area contributed by atoms with E-state index in [1.807, 2.05) is 0 Å². The molecule has 2 rings (SSSR count). The number of ether oxygens (including phenoxy) is 1. The fourth-order valence-electron chi connectivity index (χ4n) is 1.89. The number of benzene rings is 1. The molecule has 0 aliphatic heterocycles. The highest BCUT2D eigenvalue weighted by molar-refractivity contribution is 5.93. The molecule has 0 saturated heterocycles. The second kappa shape index (κ2) is 7.20. The van der Waals surface area contributed by atoms with E-state index in [4.69, 9.17) is 0 Å². The van der Waals surface area contributed by atoms with Crippen LogP contribution < -0.4 is 10.1 Å². The summed E-state index contributed by atoms with van der Waals surface area (Å²) in [6.45, 7) is 0.420. The van der Waals surface area contributed by atoms with Crippen molar-refractivity contribution in [2.45, 2.75) is 12.9 Å². The Morgan fingerprint density at radius 2 is 1.83 bits per heavy atom. The molecule has 0 bridgehead atoms. The molecule has 0 spiro atoms. The van der Waals surface area contributed by atoms with Gasteiger partial charge in [-0.25, -0.2) is 4.98 Å². The maximum Gasteiger partial charge on any atom is 0.573 e. The first-order valence-corrected chi connectivity index (χ1v) is 7.01. The molecule has 0 atom stereocenters. The molecule has 128 valence electrons. The molecule has 2 aromatic rings. The van der Waals surface area contributed by atoms with Crippen molar-refractivity contribution in [2.24, 2.45) is 0 Å². The summed E-state index contributed by atoms with van der Waals surface area (Å²) in [5, 5.41) is 2.98. The molecule has 0 radical (unpaired) electrons. The van der Waals surface area contributed by atoms with Crippen LogP contribution in [0.15, 0.2) is 42.6 Å². The van der Waals surface area contributed by atoms with E-state index >= 15 is 0 Å². The fraction of sp³-hybridized carbons (Fsp3) is 0.250. The minimum Gasteiger partial charge on any atom is -0.404 e. The van der Waals surface area contributed by atoms with E-state index in [1.54, 1.807) is 38.4 Å². The summed E-state index contributed by atoms with van der Waals surface area (Å²) in [6.07, 6.45) is -3.74. The van der Waals surface area contributed by atoms with Crippen LogP contribution in [0.4, 0.5) is 19.0 Å². The third kappa shape index (κ3) is 5.15. The number of hydrogen-bond acceptors (Lipinski definition) is 4. The third-order valence-electron chi connectivity index (χ3n) is 3.05. The van der Waals surface area contributed by atoms with Crippen LogP contribution in [0.2, 0.25) is 0 Å².